The van der Waals surface area contributed by atoms with Gasteiger partial charge in [-0.05, 0) is 55.5 Å². The molecule has 130 valence electrons. The zero-order chi connectivity index (χ0) is 17.2. The number of amides is 2. The van der Waals surface area contributed by atoms with Gasteiger partial charge in [-0.1, -0.05) is 12.1 Å². The van der Waals surface area contributed by atoms with Gasteiger partial charge in [-0.25, -0.2) is 0 Å². The number of nitrogens with zero attached hydrogens (tertiary/aromatic N) is 1. The van der Waals surface area contributed by atoms with E-state index in [4.69, 9.17) is 0 Å². The summed E-state index contributed by atoms with van der Waals surface area (Å²) < 4.78 is 0. The van der Waals surface area contributed by atoms with Crippen molar-refractivity contribution in [1.29, 1.82) is 0 Å². The molecule has 0 saturated carbocycles. The molecule has 2 saturated heterocycles. The van der Waals surface area contributed by atoms with E-state index < -0.39 is 0 Å². The molecule has 2 unspecified atom stereocenters. The summed E-state index contributed by atoms with van der Waals surface area (Å²) in [4.78, 5) is 28.0. The minimum absolute atomic E-state index is 0.0726. The average Bonchev–Trinajstić information content (AvgIpc) is 3.22. The summed E-state index contributed by atoms with van der Waals surface area (Å²) in [5, 5.41) is 8.17. The normalized spacial score (nSPS) is 22.5. The van der Waals surface area contributed by atoms with Crippen LogP contribution in [0.5, 0.6) is 0 Å². The van der Waals surface area contributed by atoms with Crippen LogP contribution < -0.4 is 10.6 Å². The van der Waals surface area contributed by atoms with E-state index >= 15 is 0 Å². The Kier molecular flexibility index (Phi) is 4.55. The zero-order valence-corrected chi connectivity index (χ0v) is 14.7. The molecule has 1 aromatic heterocycles. The van der Waals surface area contributed by atoms with E-state index in [0.717, 1.165) is 32.4 Å². The monoisotopic (exact) mass is 355 g/mol. The molecular formula is C19H21N3O2S. The third kappa shape index (κ3) is 3.32. The summed E-state index contributed by atoms with van der Waals surface area (Å²) in [7, 11) is 0. The smallest absolute Gasteiger partial charge is 0.265 e. The maximum absolute atomic E-state index is 13.1. The lowest BCUT2D eigenvalue weighted by Crippen LogP contribution is -2.42. The van der Waals surface area contributed by atoms with Gasteiger partial charge < -0.3 is 15.5 Å². The summed E-state index contributed by atoms with van der Waals surface area (Å²) in [6.07, 6.45) is 3.17. The van der Waals surface area contributed by atoms with Gasteiger partial charge in [-0.15, -0.1) is 11.3 Å². The topological polar surface area (TPSA) is 61.4 Å². The van der Waals surface area contributed by atoms with Crippen molar-refractivity contribution in [3.8, 4) is 0 Å². The standard InChI is InChI=1S/C19H21N3O2S/c23-18(17-5-2-10-25-17)21-14-4-1-3-13(11-14)19(24)22-15-6-7-16(22)12-20-9-8-15/h1-5,10-11,15-16,20H,6-9,12H2,(H,21,23). The molecule has 4 rings (SSSR count). The Morgan fingerprint density at radius 2 is 2.00 bits per heavy atom. The summed E-state index contributed by atoms with van der Waals surface area (Å²) in [5.74, 6) is -0.0675. The number of carbonyl (C=O) groups excluding carboxylic acids is 2. The second kappa shape index (κ2) is 6.98. The Balaban J connectivity index is 1.53. The van der Waals surface area contributed by atoms with Crippen molar-refractivity contribution >= 4 is 28.8 Å². The van der Waals surface area contributed by atoms with Crippen molar-refractivity contribution in [3.63, 3.8) is 0 Å². The van der Waals surface area contributed by atoms with Crippen LogP contribution in [-0.2, 0) is 0 Å². The van der Waals surface area contributed by atoms with E-state index in [1.165, 1.54) is 11.3 Å². The molecule has 2 N–H and O–H groups in total. The van der Waals surface area contributed by atoms with Gasteiger partial charge in [-0.2, -0.15) is 0 Å². The largest absolute Gasteiger partial charge is 0.331 e. The second-order valence-corrected chi connectivity index (χ2v) is 7.55. The van der Waals surface area contributed by atoms with Crippen molar-refractivity contribution in [3.05, 3.63) is 52.2 Å². The van der Waals surface area contributed by atoms with Crippen molar-refractivity contribution in [2.45, 2.75) is 31.3 Å². The Labute approximate surface area is 151 Å². The Morgan fingerprint density at radius 1 is 1.12 bits per heavy atom. The van der Waals surface area contributed by atoms with E-state index in [-0.39, 0.29) is 17.9 Å². The van der Waals surface area contributed by atoms with Crippen LogP contribution in [0.3, 0.4) is 0 Å². The van der Waals surface area contributed by atoms with Gasteiger partial charge in [0.05, 0.1) is 4.88 Å². The fourth-order valence-corrected chi connectivity index (χ4v) is 4.41. The number of hydrogen-bond acceptors (Lipinski definition) is 4. The lowest BCUT2D eigenvalue weighted by molar-refractivity contribution is 0.0680. The van der Waals surface area contributed by atoms with E-state index in [0.29, 0.717) is 22.2 Å². The van der Waals surface area contributed by atoms with Gasteiger partial charge in [0, 0.05) is 29.9 Å². The summed E-state index contributed by atoms with van der Waals surface area (Å²) in [6, 6.07) is 11.5. The van der Waals surface area contributed by atoms with Gasteiger partial charge in [0.1, 0.15) is 0 Å². The van der Waals surface area contributed by atoms with Gasteiger partial charge in [0.15, 0.2) is 0 Å². The fraction of sp³-hybridized carbons (Fsp3) is 0.368. The Morgan fingerprint density at radius 3 is 2.84 bits per heavy atom. The summed E-state index contributed by atoms with van der Waals surface area (Å²) in [5.41, 5.74) is 1.30. The van der Waals surface area contributed by atoms with Gasteiger partial charge >= 0.3 is 0 Å². The van der Waals surface area contributed by atoms with Crippen LogP contribution in [0.25, 0.3) is 0 Å². The molecule has 0 aliphatic carbocycles. The molecule has 2 aliphatic rings. The molecule has 0 radical (unpaired) electrons. The van der Waals surface area contributed by atoms with Crippen molar-refractivity contribution in [1.82, 2.24) is 10.2 Å². The summed E-state index contributed by atoms with van der Waals surface area (Å²) >= 11 is 1.40. The van der Waals surface area contributed by atoms with Crippen molar-refractivity contribution < 1.29 is 9.59 Å². The van der Waals surface area contributed by atoms with Crippen LogP contribution in [0.4, 0.5) is 5.69 Å². The van der Waals surface area contributed by atoms with Crippen LogP contribution >= 0.6 is 11.3 Å². The predicted molar refractivity (Wildman–Crippen MR) is 99.2 cm³/mol. The average molecular weight is 355 g/mol. The highest BCUT2D eigenvalue weighted by atomic mass is 32.1. The third-order valence-corrected chi connectivity index (χ3v) is 5.87. The SMILES string of the molecule is O=C(Nc1cccc(C(=O)N2C3CCNCC2CC3)c1)c1cccs1. The van der Waals surface area contributed by atoms with Gasteiger partial charge in [0.2, 0.25) is 0 Å². The minimum atomic E-state index is -0.140. The summed E-state index contributed by atoms with van der Waals surface area (Å²) in [6.45, 7) is 1.85. The number of anilines is 1. The minimum Gasteiger partial charge on any atom is -0.331 e. The number of carbonyl (C=O) groups is 2. The molecule has 3 heterocycles. The van der Waals surface area contributed by atoms with Gasteiger partial charge in [0.25, 0.3) is 11.8 Å². The van der Waals surface area contributed by atoms with Crippen molar-refractivity contribution in [2.24, 2.45) is 0 Å². The number of nitrogens with one attached hydrogen (secondary N) is 2. The molecule has 2 aliphatic heterocycles. The first kappa shape index (κ1) is 16.3. The Hall–Kier alpha value is -2.18. The number of benzene rings is 1. The molecule has 2 atom stereocenters. The van der Waals surface area contributed by atoms with Crippen LogP contribution in [0, 0.1) is 0 Å². The highest BCUT2D eigenvalue weighted by molar-refractivity contribution is 7.12. The maximum atomic E-state index is 13.1. The molecule has 2 amide bonds. The number of thiophene rings is 1. The third-order valence-electron chi connectivity index (χ3n) is 5.00. The highest BCUT2D eigenvalue weighted by Crippen LogP contribution is 2.30. The van der Waals surface area contributed by atoms with E-state index in [1.54, 1.807) is 12.1 Å². The van der Waals surface area contributed by atoms with Crippen molar-refractivity contribution in [2.75, 3.05) is 18.4 Å². The second-order valence-electron chi connectivity index (χ2n) is 6.60. The number of rotatable bonds is 3. The molecule has 2 aromatic rings. The molecular weight excluding hydrogens is 334 g/mol. The van der Waals surface area contributed by atoms with Crippen LogP contribution in [0.15, 0.2) is 41.8 Å². The molecule has 2 bridgehead atoms. The van der Waals surface area contributed by atoms with Crippen LogP contribution in [0.2, 0.25) is 0 Å². The molecule has 0 spiro atoms. The predicted octanol–water partition coefficient (Wildman–Crippen LogP) is 2.97. The maximum Gasteiger partial charge on any atom is 0.265 e. The number of hydrogen-bond donors (Lipinski definition) is 2. The van der Waals surface area contributed by atoms with E-state index in [2.05, 4.69) is 15.5 Å². The first-order valence-corrected chi connectivity index (χ1v) is 9.58. The first-order valence-electron chi connectivity index (χ1n) is 8.70. The fourth-order valence-electron chi connectivity index (χ4n) is 3.79. The molecule has 1 aromatic carbocycles. The molecule has 5 nitrogen and oxygen atoms in total. The molecule has 6 heteroatoms. The van der Waals surface area contributed by atoms with E-state index in [1.807, 2.05) is 29.6 Å². The van der Waals surface area contributed by atoms with E-state index in [9.17, 15) is 9.59 Å². The van der Waals surface area contributed by atoms with Gasteiger partial charge in [-0.3, -0.25) is 9.59 Å². The highest BCUT2D eigenvalue weighted by Gasteiger charge is 2.38. The van der Waals surface area contributed by atoms with Crippen LogP contribution in [0.1, 0.15) is 39.3 Å². The number of fused-ring (bicyclic) bond motifs is 2. The Bertz CT molecular complexity index is 761. The quantitative estimate of drug-likeness (QED) is 0.890. The lowest BCUT2D eigenvalue weighted by Gasteiger charge is -2.28. The lowest BCUT2D eigenvalue weighted by atomic mass is 10.1. The first-order chi connectivity index (χ1) is 12.2. The molecule has 2 fully saturated rings. The zero-order valence-electron chi connectivity index (χ0n) is 13.9. The molecule has 25 heavy (non-hydrogen) atoms. The van der Waals surface area contributed by atoms with Crippen LogP contribution in [-0.4, -0.2) is 41.9 Å².